The highest BCUT2D eigenvalue weighted by atomic mass is 16.5. The summed E-state index contributed by atoms with van der Waals surface area (Å²) in [5.41, 5.74) is 0.764. The van der Waals surface area contributed by atoms with Gasteiger partial charge in [-0.25, -0.2) is 4.79 Å². The van der Waals surface area contributed by atoms with Crippen LogP contribution in [0.4, 0.5) is 0 Å². The molecule has 31 heavy (non-hydrogen) atoms. The van der Waals surface area contributed by atoms with Crippen LogP contribution < -0.4 is 15.1 Å². The van der Waals surface area contributed by atoms with Gasteiger partial charge < -0.3 is 18.8 Å². The third kappa shape index (κ3) is 4.11. The van der Waals surface area contributed by atoms with Crippen molar-refractivity contribution >= 4 is 27.6 Å². The van der Waals surface area contributed by atoms with E-state index < -0.39 is 5.63 Å². The quantitative estimate of drug-likeness (QED) is 0.420. The molecule has 1 fully saturated rings. The normalized spacial score (nSPS) is 14.7. The van der Waals surface area contributed by atoms with Gasteiger partial charge in [-0.15, -0.1) is 0 Å². The fourth-order valence-corrected chi connectivity index (χ4v) is 4.63. The van der Waals surface area contributed by atoms with Crippen LogP contribution in [-0.4, -0.2) is 37.1 Å². The van der Waals surface area contributed by atoms with E-state index in [-0.39, 0.29) is 12.5 Å². The minimum Gasteiger partial charge on any atom is -0.497 e. The third-order valence-electron chi connectivity index (χ3n) is 6.32. The number of carbonyl (C=O) groups excluding carboxylic acids is 1. The molecule has 0 bridgehead atoms. The predicted octanol–water partition coefficient (Wildman–Crippen LogP) is 4.82. The first-order valence-corrected chi connectivity index (χ1v) is 11.0. The summed E-state index contributed by atoms with van der Waals surface area (Å²) in [5.74, 6) is 1.16. The number of hydrogen-bond donors (Lipinski definition) is 0. The van der Waals surface area contributed by atoms with Crippen LogP contribution in [0, 0.1) is 6.92 Å². The average Bonchev–Trinajstić information content (AvgIpc) is 2.80. The minimum absolute atomic E-state index is 0.000885. The zero-order chi connectivity index (χ0) is 22.0. The molecule has 0 unspecified atom stereocenters. The van der Waals surface area contributed by atoms with Crippen molar-refractivity contribution in [1.29, 1.82) is 0 Å². The van der Waals surface area contributed by atoms with Crippen molar-refractivity contribution < 1.29 is 18.7 Å². The molecule has 1 aliphatic rings. The molecule has 6 heteroatoms. The molecule has 1 aliphatic carbocycles. The summed E-state index contributed by atoms with van der Waals surface area (Å²) >= 11 is 0. The molecule has 1 saturated carbocycles. The van der Waals surface area contributed by atoms with Gasteiger partial charge in [0.1, 0.15) is 17.1 Å². The van der Waals surface area contributed by atoms with Gasteiger partial charge in [0, 0.05) is 28.9 Å². The number of nitrogens with zero attached hydrogens (tertiary/aromatic N) is 1. The van der Waals surface area contributed by atoms with Crippen molar-refractivity contribution in [2.24, 2.45) is 0 Å². The second-order valence-electron chi connectivity index (χ2n) is 8.13. The predicted molar refractivity (Wildman–Crippen MR) is 121 cm³/mol. The van der Waals surface area contributed by atoms with E-state index in [0.717, 1.165) is 23.6 Å². The number of likely N-dealkylation sites (N-methyl/N-ethyl adjacent to an activating group) is 1. The van der Waals surface area contributed by atoms with Crippen LogP contribution in [0.5, 0.6) is 11.5 Å². The van der Waals surface area contributed by atoms with E-state index in [1.54, 1.807) is 13.2 Å². The SMILES string of the molecule is CCN(C(=O)COc1ccc2c(oc(=O)c3cc(OC)ccc32)c1C)C1CCCCC1. The highest BCUT2D eigenvalue weighted by molar-refractivity contribution is 6.06. The van der Waals surface area contributed by atoms with E-state index >= 15 is 0 Å². The topological polar surface area (TPSA) is 69.0 Å². The van der Waals surface area contributed by atoms with Crippen molar-refractivity contribution in [3.05, 3.63) is 46.3 Å². The Bertz CT molecular complexity index is 1160. The third-order valence-corrected chi connectivity index (χ3v) is 6.32. The molecule has 0 N–H and O–H groups in total. The summed E-state index contributed by atoms with van der Waals surface area (Å²) in [7, 11) is 1.56. The van der Waals surface area contributed by atoms with Crippen LogP contribution >= 0.6 is 0 Å². The second kappa shape index (κ2) is 9.00. The van der Waals surface area contributed by atoms with Gasteiger partial charge in [-0.05, 0) is 57.0 Å². The lowest BCUT2D eigenvalue weighted by Crippen LogP contribution is -2.43. The van der Waals surface area contributed by atoms with Crippen LogP contribution in [0.2, 0.25) is 0 Å². The number of ether oxygens (including phenoxy) is 2. The molecule has 0 atom stereocenters. The summed E-state index contributed by atoms with van der Waals surface area (Å²) in [5, 5.41) is 2.10. The molecular weight excluding hydrogens is 394 g/mol. The number of hydrogen-bond acceptors (Lipinski definition) is 5. The van der Waals surface area contributed by atoms with E-state index in [9.17, 15) is 9.59 Å². The fourth-order valence-electron chi connectivity index (χ4n) is 4.63. The molecule has 0 spiro atoms. The molecule has 1 heterocycles. The Morgan fingerprint density at radius 2 is 1.84 bits per heavy atom. The number of methoxy groups -OCH3 is 1. The summed E-state index contributed by atoms with van der Waals surface area (Å²) in [4.78, 5) is 27.3. The van der Waals surface area contributed by atoms with Gasteiger partial charge in [-0.3, -0.25) is 4.79 Å². The van der Waals surface area contributed by atoms with Crippen LogP contribution in [0.1, 0.15) is 44.6 Å². The minimum atomic E-state index is -0.424. The standard InChI is InChI=1S/C25H29NO5/c1-4-26(17-8-6-5-7-9-17)23(27)15-30-22-13-12-20-19-11-10-18(29-3)14-21(19)25(28)31-24(20)16(22)2/h10-14,17H,4-9,15H2,1-3H3. The summed E-state index contributed by atoms with van der Waals surface area (Å²) in [6.07, 6.45) is 5.74. The van der Waals surface area contributed by atoms with E-state index in [1.807, 2.05) is 43.0 Å². The lowest BCUT2D eigenvalue weighted by molar-refractivity contribution is -0.136. The van der Waals surface area contributed by atoms with Crippen LogP contribution in [0.3, 0.4) is 0 Å². The largest absolute Gasteiger partial charge is 0.497 e. The Hall–Kier alpha value is -3.02. The monoisotopic (exact) mass is 423 g/mol. The van der Waals surface area contributed by atoms with Gasteiger partial charge in [0.2, 0.25) is 0 Å². The molecule has 1 amide bonds. The van der Waals surface area contributed by atoms with Crippen LogP contribution in [0.15, 0.2) is 39.5 Å². The fraction of sp³-hybridized carbons (Fsp3) is 0.440. The Morgan fingerprint density at radius 3 is 2.55 bits per heavy atom. The van der Waals surface area contributed by atoms with Crippen molar-refractivity contribution in [2.45, 2.75) is 52.0 Å². The van der Waals surface area contributed by atoms with Crippen molar-refractivity contribution in [3.63, 3.8) is 0 Å². The Kier molecular flexibility index (Phi) is 6.16. The number of aryl methyl sites for hydroxylation is 1. The molecular formula is C25H29NO5. The lowest BCUT2D eigenvalue weighted by Gasteiger charge is -2.33. The van der Waals surface area contributed by atoms with Crippen molar-refractivity contribution in [1.82, 2.24) is 4.90 Å². The number of fused-ring (bicyclic) bond motifs is 3. The molecule has 0 radical (unpaired) electrons. The summed E-state index contributed by atoms with van der Waals surface area (Å²) < 4.78 is 16.7. The molecule has 4 rings (SSSR count). The first-order valence-electron chi connectivity index (χ1n) is 11.0. The smallest absolute Gasteiger partial charge is 0.344 e. The van der Waals surface area contributed by atoms with Gasteiger partial charge in [-0.1, -0.05) is 19.3 Å². The van der Waals surface area contributed by atoms with E-state index in [4.69, 9.17) is 13.9 Å². The summed E-state index contributed by atoms with van der Waals surface area (Å²) in [6.45, 7) is 4.53. The maximum absolute atomic E-state index is 12.8. The number of rotatable bonds is 6. The Morgan fingerprint density at radius 1 is 1.10 bits per heavy atom. The number of carbonyl (C=O) groups is 1. The first kappa shape index (κ1) is 21.2. The zero-order valence-electron chi connectivity index (χ0n) is 18.4. The van der Waals surface area contributed by atoms with Crippen LogP contribution in [0.25, 0.3) is 21.7 Å². The van der Waals surface area contributed by atoms with E-state index in [1.165, 1.54) is 19.3 Å². The summed E-state index contributed by atoms with van der Waals surface area (Å²) in [6, 6.07) is 9.40. The maximum atomic E-state index is 12.8. The van der Waals surface area contributed by atoms with Crippen molar-refractivity contribution in [3.8, 4) is 11.5 Å². The van der Waals surface area contributed by atoms with Crippen LogP contribution in [-0.2, 0) is 4.79 Å². The van der Waals surface area contributed by atoms with Gasteiger partial charge in [-0.2, -0.15) is 0 Å². The molecule has 2 aromatic carbocycles. The number of benzene rings is 2. The van der Waals surface area contributed by atoms with Crippen molar-refractivity contribution in [2.75, 3.05) is 20.3 Å². The second-order valence-corrected chi connectivity index (χ2v) is 8.13. The van der Waals surface area contributed by atoms with Gasteiger partial charge in [0.15, 0.2) is 6.61 Å². The molecule has 0 saturated heterocycles. The molecule has 6 nitrogen and oxygen atoms in total. The van der Waals surface area contributed by atoms with E-state index in [2.05, 4.69) is 0 Å². The van der Waals surface area contributed by atoms with Gasteiger partial charge >= 0.3 is 5.63 Å². The molecule has 164 valence electrons. The first-order chi connectivity index (χ1) is 15.0. The highest BCUT2D eigenvalue weighted by Gasteiger charge is 2.24. The lowest BCUT2D eigenvalue weighted by atomic mass is 9.94. The molecule has 0 aliphatic heterocycles. The Labute approximate surface area is 181 Å². The molecule has 3 aromatic rings. The Balaban J connectivity index is 1.60. The molecule has 1 aromatic heterocycles. The maximum Gasteiger partial charge on any atom is 0.344 e. The van der Waals surface area contributed by atoms with Gasteiger partial charge in [0.05, 0.1) is 12.5 Å². The van der Waals surface area contributed by atoms with Gasteiger partial charge in [0.25, 0.3) is 5.91 Å². The highest BCUT2D eigenvalue weighted by Crippen LogP contribution is 2.32. The average molecular weight is 424 g/mol. The number of amides is 1. The zero-order valence-corrected chi connectivity index (χ0v) is 18.4. The van der Waals surface area contributed by atoms with E-state index in [0.29, 0.717) is 40.6 Å².